The summed E-state index contributed by atoms with van der Waals surface area (Å²) in [6, 6.07) is 11.1. The number of morpholine rings is 1. The second kappa shape index (κ2) is 13.1. The number of halogens is 3. The Morgan fingerprint density at radius 3 is 2.63 bits per heavy atom. The molecule has 17 heteroatoms. The second-order valence-electron chi connectivity index (χ2n) is 15.6. The van der Waals surface area contributed by atoms with Crippen LogP contribution in [0.2, 0.25) is 0 Å². The molecule has 0 saturated carbocycles. The summed E-state index contributed by atoms with van der Waals surface area (Å²) in [7, 11) is 0. The smallest absolute Gasteiger partial charge is 0.245 e. The number of amides is 1. The van der Waals surface area contributed by atoms with Crippen molar-refractivity contribution in [3.8, 4) is 16.9 Å². The maximum atomic E-state index is 15.3. The molecule has 0 aliphatic carbocycles. The number of fused-ring (bicyclic) bond motifs is 10. The summed E-state index contributed by atoms with van der Waals surface area (Å²) in [5.74, 6) is 0.229. The monoisotopic (exact) mass is 777 g/mol. The first-order chi connectivity index (χ1) is 27.8. The molecular formula is C40H38F3N11O3. The number of rotatable bonds is 3. The number of carbonyl (C=O) groups is 1. The minimum atomic E-state index is -0.785. The summed E-state index contributed by atoms with van der Waals surface area (Å²) in [5, 5.41) is 8.67. The van der Waals surface area contributed by atoms with Gasteiger partial charge in [0, 0.05) is 50.0 Å². The first-order valence-corrected chi connectivity index (χ1v) is 19.4. The second-order valence-corrected chi connectivity index (χ2v) is 15.6. The number of benzene rings is 2. The van der Waals surface area contributed by atoms with Gasteiger partial charge in [-0.1, -0.05) is 6.07 Å². The SMILES string of the molecule is Cc1nc2cc(F)cc3c2n1C[C@H]1CN(CCCO1)C(=O)[C@@H]1C[C@@H](CN1c1nc(N2C4COCC2C4)nc2c1cnn2-c1ccc(F)cc1F)Nc1cccc-3n1. The average Bonchev–Trinajstić information content (AvgIpc) is 3.84. The molecule has 5 aliphatic heterocycles. The van der Waals surface area contributed by atoms with Crippen LogP contribution in [0.1, 0.15) is 25.1 Å². The van der Waals surface area contributed by atoms with Gasteiger partial charge < -0.3 is 34.1 Å². The lowest BCUT2D eigenvalue weighted by atomic mass is 9.92. The summed E-state index contributed by atoms with van der Waals surface area (Å²) >= 11 is 0. The Bertz CT molecular complexity index is 2580. The highest BCUT2D eigenvalue weighted by atomic mass is 19.1. The van der Waals surface area contributed by atoms with Gasteiger partial charge in [-0.3, -0.25) is 4.79 Å². The lowest BCUT2D eigenvalue weighted by molar-refractivity contribution is -0.133. The van der Waals surface area contributed by atoms with Gasteiger partial charge in [0.15, 0.2) is 11.5 Å². The standard InChI is InChI=1S/C40H38F3N11O3/c1-21-45-32-12-23(42)10-28-31-4-2-5-35(47-31)46-24-13-34(39(55)50-8-3-9-57-27(17-50)18-51(21)36(28)32)52(16-24)37-29-15-44-54(33-7-6-22(41)11-30(33)43)38(29)49-40(48-37)53-25-14-26(53)20-56-19-25/h2,4-7,10-12,15,24-27,34H,3,8-9,13-14,16-20H2,1H3,(H,46,47)/t24-,25?,26?,27+,34-/m0/s1. The van der Waals surface area contributed by atoms with Crippen molar-refractivity contribution in [3.63, 3.8) is 0 Å². The molecule has 4 saturated heterocycles. The van der Waals surface area contributed by atoms with Gasteiger partial charge >= 0.3 is 0 Å². The van der Waals surface area contributed by atoms with Crippen LogP contribution in [0.3, 0.4) is 0 Å². The van der Waals surface area contributed by atoms with Crippen LogP contribution >= 0.6 is 0 Å². The van der Waals surface area contributed by atoms with E-state index in [0.717, 1.165) is 18.0 Å². The van der Waals surface area contributed by atoms with Gasteiger partial charge in [0.05, 0.1) is 66.3 Å². The van der Waals surface area contributed by atoms with E-state index in [1.54, 1.807) is 6.20 Å². The van der Waals surface area contributed by atoms with E-state index in [2.05, 4.69) is 15.3 Å². The van der Waals surface area contributed by atoms with Crippen molar-refractivity contribution in [1.82, 2.24) is 39.2 Å². The zero-order valence-electron chi connectivity index (χ0n) is 31.0. The van der Waals surface area contributed by atoms with Crippen LogP contribution in [-0.4, -0.2) is 115 Å². The first kappa shape index (κ1) is 34.4. The molecule has 4 fully saturated rings. The van der Waals surface area contributed by atoms with Gasteiger partial charge in [-0.25, -0.2) is 27.8 Å². The normalized spacial score (nSPS) is 24.6. The van der Waals surface area contributed by atoms with Crippen LogP contribution in [0.4, 0.5) is 30.8 Å². The molecule has 2 aromatic carbocycles. The van der Waals surface area contributed by atoms with E-state index in [0.29, 0.717) is 110 Å². The Labute approximate surface area is 324 Å². The highest BCUT2D eigenvalue weighted by molar-refractivity contribution is 5.94. The third-order valence-corrected chi connectivity index (χ3v) is 12.0. The molecule has 4 aromatic heterocycles. The number of hydrogen-bond donors (Lipinski definition) is 1. The van der Waals surface area contributed by atoms with E-state index >= 15 is 13.6 Å². The quantitative estimate of drug-likeness (QED) is 0.270. The number of imidazole rings is 1. The fraction of sp³-hybridized carbons (Fsp3) is 0.400. The van der Waals surface area contributed by atoms with Crippen molar-refractivity contribution >= 4 is 45.6 Å². The molecule has 5 aliphatic rings. The highest BCUT2D eigenvalue weighted by Crippen LogP contribution is 2.40. The maximum absolute atomic E-state index is 15.3. The Morgan fingerprint density at radius 2 is 1.79 bits per heavy atom. The Kier molecular flexibility index (Phi) is 7.93. The summed E-state index contributed by atoms with van der Waals surface area (Å²) in [6.45, 7) is 5.03. The Hall–Kier alpha value is -5.81. The number of hydrogen-bond acceptors (Lipinski definition) is 11. The average molecular weight is 778 g/mol. The minimum absolute atomic E-state index is 0.0394. The van der Waals surface area contributed by atoms with E-state index < -0.39 is 23.5 Å². The molecule has 1 amide bonds. The van der Waals surface area contributed by atoms with E-state index in [4.69, 9.17) is 29.4 Å². The summed E-state index contributed by atoms with van der Waals surface area (Å²) in [5.41, 5.74) is 2.86. The fourth-order valence-corrected chi connectivity index (χ4v) is 9.38. The van der Waals surface area contributed by atoms with E-state index in [1.165, 1.54) is 28.9 Å². The number of aryl methyl sites for hydroxylation is 1. The zero-order valence-corrected chi connectivity index (χ0v) is 31.0. The van der Waals surface area contributed by atoms with Crippen molar-refractivity contribution in [3.05, 3.63) is 78.0 Å². The van der Waals surface area contributed by atoms with E-state index in [-0.39, 0.29) is 35.8 Å². The fourth-order valence-electron chi connectivity index (χ4n) is 9.38. The van der Waals surface area contributed by atoms with Crippen LogP contribution in [0.25, 0.3) is 39.0 Å². The molecule has 9 heterocycles. The number of carbonyl (C=O) groups excluding carboxylic acids is 1. The van der Waals surface area contributed by atoms with Gasteiger partial charge in [0.2, 0.25) is 11.9 Å². The van der Waals surface area contributed by atoms with Gasteiger partial charge in [0.1, 0.15) is 40.8 Å². The largest absolute Gasteiger partial charge is 0.377 e. The third-order valence-electron chi connectivity index (χ3n) is 12.0. The maximum Gasteiger partial charge on any atom is 0.245 e. The highest BCUT2D eigenvalue weighted by Gasteiger charge is 2.46. The molecule has 292 valence electrons. The molecular weight excluding hydrogens is 740 g/mol. The third kappa shape index (κ3) is 5.68. The number of ether oxygens (including phenoxy) is 2. The minimum Gasteiger partial charge on any atom is -0.377 e. The molecule has 2 unspecified atom stereocenters. The molecule has 6 aromatic rings. The number of aromatic nitrogens is 7. The Morgan fingerprint density at radius 1 is 0.912 bits per heavy atom. The van der Waals surface area contributed by atoms with Crippen molar-refractivity contribution in [2.45, 2.75) is 63.0 Å². The summed E-state index contributed by atoms with van der Waals surface area (Å²) in [6.07, 6.45) is 3.22. The number of nitrogens with zero attached hydrogens (tertiary/aromatic N) is 10. The Balaban J connectivity index is 1.06. The van der Waals surface area contributed by atoms with Crippen LogP contribution in [0.15, 0.2) is 54.7 Å². The summed E-state index contributed by atoms with van der Waals surface area (Å²) in [4.78, 5) is 40.9. The molecule has 0 spiro atoms. The van der Waals surface area contributed by atoms with Gasteiger partial charge in [0.25, 0.3) is 0 Å². The molecule has 1 N–H and O–H groups in total. The van der Waals surface area contributed by atoms with Crippen molar-refractivity contribution in [2.75, 3.05) is 54.6 Å². The lowest BCUT2D eigenvalue weighted by Gasteiger charge is -2.52. The van der Waals surface area contributed by atoms with Gasteiger partial charge in [-0.2, -0.15) is 15.1 Å². The van der Waals surface area contributed by atoms with Gasteiger partial charge in [-0.15, -0.1) is 0 Å². The van der Waals surface area contributed by atoms with Crippen LogP contribution in [-0.2, 0) is 20.8 Å². The van der Waals surface area contributed by atoms with Crippen LogP contribution < -0.4 is 15.1 Å². The van der Waals surface area contributed by atoms with Gasteiger partial charge in [-0.05, 0) is 56.5 Å². The molecule has 0 radical (unpaired) electrons. The predicted molar refractivity (Wildman–Crippen MR) is 204 cm³/mol. The van der Waals surface area contributed by atoms with E-state index in [9.17, 15) is 4.39 Å². The number of nitrogens with one attached hydrogen (secondary N) is 1. The molecule has 11 rings (SSSR count). The van der Waals surface area contributed by atoms with Crippen LogP contribution in [0, 0.1) is 24.4 Å². The van der Waals surface area contributed by atoms with Crippen molar-refractivity contribution < 1.29 is 27.4 Å². The van der Waals surface area contributed by atoms with Crippen molar-refractivity contribution in [2.24, 2.45) is 0 Å². The molecule has 5 atom stereocenters. The molecule has 57 heavy (non-hydrogen) atoms. The van der Waals surface area contributed by atoms with E-state index in [1.807, 2.05) is 39.5 Å². The van der Waals surface area contributed by atoms with Crippen LogP contribution in [0.5, 0.6) is 0 Å². The molecule has 14 nitrogen and oxygen atoms in total. The lowest BCUT2D eigenvalue weighted by Crippen LogP contribution is -2.64. The zero-order chi connectivity index (χ0) is 38.5. The summed E-state index contributed by atoms with van der Waals surface area (Å²) < 4.78 is 60.1. The molecule has 8 bridgehead atoms. The first-order valence-electron chi connectivity index (χ1n) is 19.4. The predicted octanol–water partition coefficient (Wildman–Crippen LogP) is 4.62. The number of pyridine rings is 1. The topological polar surface area (TPSA) is 132 Å². The van der Waals surface area contributed by atoms with Crippen molar-refractivity contribution in [1.29, 1.82) is 0 Å². The number of anilines is 3.